The molecule has 1 aromatic heterocycles. The largest absolute Gasteiger partial charge is 0.464 e. The molecular formula is C15H26Cl2N2O. The third kappa shape index (κ3) is 3.70. The summed E-state index contributed by atoms with van der Waals surface area (Å²) in [5, 5.41) is 3.44. The average Bonchev–Trinajstić information content (AvgIpc) is 2.83. The number of piperazine rings is 1. The zero-order chi connectivity index (χ0) is 12.4. The molecule has 2 heterocycles. The molecule has 1 aromatic rings. The predicted octanol–water partition coefficient (Wildman–Crippen LogP) is 3.43. The van der Waals surface area contributed by atoms with Gasteiger partial charge in [0, 0.05) is 32.6 Å². The second-order valence-corrected chi connectivity index (χ2v) is 5.58. The minimum atomic E-state index is 0. The van der Waals surface area contributed by atoms with Gasteiger partial charge in [-0.05, 0) is 30.9 Å². The molecule has 116 valence electrons. The van der Waals surface area contributed by atoms with Crippen LogP contribution in [0.1, 0.15) is 43.7 Å². The third-order valence-electron chi connectivity index (χ3n) is 4.46. The molecule has 5 heteroatoms. The number of aryl methyl sites for hydroxylation is 1. The van der Waals surface area contributed by atoms with E-state index in [-0.39, 0.29) is 24.8 Å². The molecule has 0 amide bonds. The fourth-order valence-corrected chi connectivity index (χ4v) is 3.17. The first kappa shape index (κ1) is 17.8. The van der Waals surface area contributed by atoms with Gasteiger partial charge in [0.25, 0.3) is 0 Å². The van der Waals surface area contributed by atoms with Crippen LogP contribution in [-0.4, -0.2) is 31.1 Å². The summed E-state index contributed by atoms with van der Waals surface area (Å²) in [5.41, 5.74) is 0. The highest BCUT2D eigenvalue weighted by molar-refractivity contribution is 5.85. The van der Waals surface area contributed by atoms with Crippen LogP contribution in [0, 0.1) is 5.92 Å². The van der Waals surface area contributed by atoms with Crippen molar-refractivity contribution in [3.63, 3.8) is 0 Å². The molecule has 3 rings (SSSR count). The first-order chi connectivity index (χ1) is 8.88. The van der Waals surface area contributed by atoms with Crippen molar-refractivity contribution in [2.45, 2.75) is 38.6 Å². The van der Waals surface area contributed by atoms with Crippen molar-refractivity contribution in [1.82, 2.24) is 10.2 Å². The normalized spacial score (nSPS) is 21.4. The Morgan fingerprint density at radius 3 is 2.45 bits per heavy atom. The fraction of sp³-hybridized carbons (Fsp3) is 0.733. The molecule has 0 spiro atoms. The van der Waals surface area contributed by atoms with E-state index in [0.717, 1.165) is 44.3 Å². The molecule has 2 fully saturated rings. The van der Waals surface area contributed by atoms with Gasteiger partial charge in [-0.15, -0.1) is 24.8 Å². The van der Waals surface area contributed by atoms with Crippen LogP contribution >= 0.6 is 24.8 Å². The third-order valence-corrected chi connectivity index (χ3v) is 4.46. The summed E-state index contributed by atoms with van der Waals surface area (Å²) in [5.74, 6) is 3.15. The van der Waals surface area contributed by atoms with E-state index < -0.39 is 0 Å². The van der Waals surface area contributed by atoms with Crippen molar-refractivity contribution in [2.24, 2.45) is 5.92 Å². The summed E-state index contributed by atoms with van der Waals surface area (Å²) in [4.78, 5) is 2.62. The fourth-order valence-electron chi connectivity index (χ4n) is 3.17. The van der Waals surface area contributed by atoms with Crippen LogP contribution in [0.15, 0.2) is 16.5 Å². The maximum Gasteiger partial charge on any atom is 0.121 e. The highest BCUT2D eigenvalue weighted by Crippen LogP contribution is 2.41. The topological polar surface area (TPSA) is 28.4 Å². The van der Waals surface area contributed by atoms with E-state index in [1.54, 1.807) is 0 Å². The Labute approximate surface area is 134 Å². The van der Waals surface area contributed by atoms with Gasteiger partial charge >= 0.3 is 0 Å². The standard InChI is InChI=1S/C15H24N2O.2ClH/c1-2-13-6-7-14(18-13)15(12-4-3-5-12)17-10-8-16-9-11-17;;/h6-7,12,15-16H,2-5,8-11H2,1H3;2*1H/t15-;;/m0../s1. The maximum atomic E-state index is 6.04. The molecule has 2 aliphatic rings. The Kier molecular flexibility index (Phi) is 7.38. The zero-order valence-corrected chi connectivity index (χ0v) is 13.8. The lowest BCUT2D eigenvalue weighted by molar-refractivity contribution is 0.0677. The molecule has 0 radical (unpaired) electrons. The van der Waals surface area contributed by atoms with Crippen molar-refractivity contribution in [1.29, 1.82) is 0 Å². The molecule has 1 saturated heterocycles. The number of nitrogens with one attached hydrogen (secondary N) is 1. The van der Waals surface area contributed by atoms with E-state index in [4.69, 9.17) is 4.42 Å². The van der Waals surface area contributed by atoms with Crippen molar-refractivity contribution < 1.29 is 4.42 Å². The van der Waals surface area contributed by atoms with E-state index >= 15 is 0 Å². The lowest BCUT2D eigenvalue weighted by Crippen LogP contribution is -2.47. The summed E-state index contributed by atoms with van der Waals surface area (Å²) in [7, 11) is 0. The number of nitrogens with zero attached hydrogens (tertiary/aromatic N) is 1. The molecule has 3 nitrogen and oxygen atoms in total. The molecule has 0 unspecified atom stereocenters. The molecule has 0 aromatic carbocycles. The van der Waals surface area contributed by atoms with Crippen molar-refractivity contribution in [2.75, 3.05) is 26.2 Å². The Bertz CT molecular complexity index is 387. The first-order valence-electron chi connectivity index (χ1n) is 7.42. The zero-order valence-electron chi connectivity index (χ0n) is 12.1. The summed E-state index contributed by atoms with van der Waals surface area (Å²) in [6.07, 6.45) is 5.14. The highest BCUT2D eigenvalue weighted by Gasteiger charge is 2.35. The van der Waals surface area contributed by atoms with Crippen LogP contribution in [-0.2, 0) is 6.42 Å². The average molecular weight is 321 g/mol. The Balaban J connectivity index is 0.000001000. The minimum absolute atomic E-state index is 0. The monoisotopic (exact) mass is 320 g/mol. The van der Waals surface area contributed by atoms with Crippen molar-refractivity contribution in [3.8, 4) is 0 Å². The van der Waals surface area contributed by atoms with Crippen LogP contribution in [0.2, 0.25) is 0 Å². The van der Waals surface area contributed by atoms with Crippen LogP contribution in [0.4, 0.5) is 0 Å². The number of furan rings is 1. The molecule has 1 saturated carbocycles. The SMILES string of the molecule is CCc1ccc([C@H](C2CCC2)N2CCNCC2)o1.Cl.Cl. The van der Waals surface area contributed by atoms with Crippen molar-refractivity contribution in [3.05, 3.63) is 23.7 Å². The summed E-state index contributed by atoms with van der Waals surface area (Å²) >= 11 is 0. The van der Waals surface area contributed by atoms with E-state index in [9.17, 15) is 0 Å². The van der Waals surface area contributed by atoms with Gasteiger partial charge in [0.15, 0.2) is 0 Å². The number of hydrogen-bond donors (Lipinski definition) is 1. The van der Waals surface area contributed by atoms with E-state index in [0.29, 0.717) is 6.04 Å². The van der Waals surface area contributed by atoms with Gasteiger partial charge in [0.05, 0.1) is 6.04 Å². The summed E-state index contributed by atoms with van der Waals surface area (Å²) in [6.45, 7) is 6.70. The Morgan fingerprint density at radius 2 is 1.95 bits per heavy atom. The van der Waals surface area contributed by atoms with Crippen LogP contribution < -0.4 is 5.32 Å². The number of hydrogen-bond acceptors (Lipinski definition) is 3. The molecule has 1 N–H and O–H groups in total. The summed E-state index contributed by atoms with van der Waals surface area (Å²) in [6, 6.07) is 4.90. The van der Waals surface area contributed by atoms with Gasteiger partial charge in [-0.25, -0.2) is 0 Å². The van der Waals surface area contributed by atoms with Crippen LogP contribution in [0.5, 0.6) is 0 Å². The molecule has 1 aliphatic heterocycles. The summed E-state index contributed by atoms with van der Waals surface area (Å²) < 4.78 is 6.04. The minimum Gasteiger partial charge on any atom is -0.464 e. The van der Waals surface area contributed by atoms with E-state index in [1.807, 2.05) is 0 Å². The number of rotatable bonds is 4. The second kappa shape index (κ2) is 8.28. The van der Waals surface area contributed by atoms with Gasteiger partial charge in [-0.3, -0.25) is 4.90 Å². The van der Waals surface area contributed by atoms with Gasteiger partial charge in [0.1, 0.15) is 11.5 Å². The predicted molar refractivity (Wildman–Crippen MR) is 87.1 cm³/mol. The number of halogens is 2. The Morgan fingerprint density at radius 1 is 1.25 bits per heavy atom. The molecular weight excluding hydrogens is 295 g/mol. The van der Waals surface area contributed by atoms with Crippen molar-refractivity contribution >= 4 is 24.8 Å². The quantitative estimate of drug-likeness (QED) is 0.921. The highest BCUT2D eigenvalue weighted by atomic mass is 35.5. The molecule has 20 heavy (non-hydrogen) atoms. The van der Waals surface area contributed by atoms with Crippen LogP contribution in [0.25, 0.3) is 0 Å². The second-order valence-electron chi connectivity index (χ2n) is 5.58. The smallest absolute Gasteiger partial charge is 0.121 e. The van der Waals surface area contributed by atoms with Crippen LogP contribution in [0.3, 0.4) is 0 Å². The molecule has 0 bridgehead atoms. The Hall–Kier alpha value is -0.220. The molecule has 1 aliphatic carbocycles. The lowest BCUT2D eigenvalue weighted by Gasteiger charge is -2.41. The lowest BCUT2D eigenvalue weighted by atomic mass is 9.78. The molecule has 1 atom stereocenters. The van der Waals surface area contributed by atoms with E-state index in [1.165, 1.54) is 25.0 Å². The van der Waals surface area contributed by atoms with Gasteiger partial charge in [-0.1, -0.05) is 13.3 Å². The maximum absolute atomic E-state index is 6.04. The van der Waals surface area contributed by atoms with Gasteiger partial charge < -0.3 is 9.73 Å². The van der Waals surface area contributed by atoms with Gasteiger partial charge in [0.2, 0.25) is 0 Å². The van der Waals surface area contributed by atoms with E-state index in [2.05, 4.69) is 29.3 Å². The van der Waals surface area contributed by atoms with Gasteiger partial charge in [-0.2, -0.15) is 0 Å². The first-order valence-corrected chi connectivity index (χ1v) is 7.42.